The van der Waals surface area contributed by atoms with Gasteiger partial charge in [0, 0.05) is 10.6 Å². The molecular weight excluding hydrogens is 292 g/mol. The van der Waals surface area contributed by atoms with Crippen molar-refractivity contribution < 1.29 is 26.3 Å². The van der Waals surface area contributed by atoms with E-state index < -0.39 is 38.9 Å². The zero-order valence-corrected chi connectivity index (χ0v) is 9.36. The summed E-state index contributed by atoms with van der Waals surface area (Å²) >= 11 is 4.37. The molecule has 9 heteroatoms. The summed E-state index contributed by atoms with van der Waals surface area (Å²) in [4.78, 5) is -1.06. The van der Waals surface area contributed by atoms with Gasteiger partial charge in [-0.25, -0.2) is 0 Å². The second kappa shape index (κ2) is 4.49. The van der Waals surface area contributed by atoms with E-state index in [0.717, 1.165) is 6.07 Å². The van der Waals surface area contributed by atoms with Crippen LogP contribution in [0.15, 0.2) is 17.0 Å². The predicted octanol–water partition coefficient (Wildman–Crippen LogP) is 4.55. The molecule has 1 aromatic carbocycles. The summed E-state index contributed by atoms with van der Waals surface area (Å²) in [6, 6.07) is 1.34. The molecule has 17 heavy (non-hydrogen) atoms. The van der Waals surface area contributed by atoms with Crippen molar-refractivity contribution in [3.8, 4) is 0 Å². The number of halogens is 7. The molecule has 1 aromatic rings. The number of rotatable bonds is 1. The van der Waals surface area contributed by atoms with Gasteiger partial charge in [0.25, 0.3) is 0 Å². The highest BCUT2D eigenvalue weighted by atomic mass is 35.5. The zero-order chi connectivity index (χ0) is 13.4. The van der Waals surface area contributed by atoms with E-state index in [1.54, 1.807) is 0 Å². The number of hydrogen-bond acceptors (Lipinski definition) is 2. The molecule has 0 bridgehead atoms. The Morgan fingerprint density at radius 1 is 1.06 bits per heavy atom. The molecular formula is C8H4ClF6NS. The summed E-state index contributed by atoms with van der Waals surface area (Å²) in [5.74, 6) is 0. The molecule has 2 N–H and O–H groups in total. The number of benzene rings is 1. The Labute approximate surface area is 101 Å². The molecule has 96 valence electrons. The summed E-state index contributed by atoms with van der Waals surface area (Å²) in [7, 11) is 0. The molecule has 0 fully saturated rings. The van der Waals surface area contributed by atoms with Crippen molar-refractivity contribution in [2.75, 3.05) is 5.73 Å². The van der Waals surface area contributed by atoms with Crippen LogP contribution in [-0.2, 0) is 6.18 Å². The molecule has 0 amide bonds. The molecule has 0 aliphatic rings. The number of hydrogen-bond donors (Lipinski definition) is 1. The van der Waals surface area contributed by atoms with E-state index in [1.165, 1.54) is 0 Å². The van der Waals surface area contributed by atoms with Crippen molar-refractivity contribution in [2.45, 2.75) is 16.6 Å². The summed E-state index contributed by atoms with van der Waals surface area (Å²) in [5, 5.41) is -0.857. The minimum Gasteiger partial charge on any atom is -0.399 e. The Bertz CT molecular complexity index is 427. The normalized spacial score (nSPS) is 12.9. The SMILES string of the molecule is Nc1cc(Cl)c(C(F)(F)F)c(SC(F)(F)F)c1. The lowest BCUT2D eigenvalue weighted by Gasteiger charge is -2.15. The quantitative estimate of drug-likeness (QED) is 0.467. The topological polar surface area (TPSA) is 26.0 Å². The first-order valence-corrected chi connectivity index (χ1v) is 5.12. The Morgan fingerprint density at radius 2 is 1.59 bits per heavy atom. The Morgan fingerprint density at radius 3 is 2.00 bits per heavy atom. The second-order valence-corrected chi connectivity index (χ2v) is 4.44. The average molecular weight is 296 g/mol. The number of nitrogens with two attached hydrogens (primary N) is 1. The van der Waals surface area contributed by atoms with Crippen LogP contribution in [0.25, 0.3) is 0 Å². The van der Waals surface area contributed by atoms with Gasteiger partial charge in [-0.1, -0.05) is 11.6 Å². The van der Waals surface area contributed by atoms with E-state index in [4.69, 9.17) is 17.3 Å². The van der Waals surface area contributed by atoms with Gasteiger partial charge >= 0.3 is 11.7 Å². The van der Waals surface area contributed by atoms with E-state index in [9.17, 15) is 26.3 Å². The minimum absolute atomic E-state index is 0.269. The highest BCUT2D eigenvalue weighted by Gasteiger charge is 2.40. The van der Waals surface area contributed by atoms with Gasteiger partial charge in [-0.15, -0.1) is 0 Å². The van der Waals surface area contributed by atoms with Crippen molar-refractivity contribution in [1.82, 2.24) is 0 Å². The fourth-order valence-corrected chi connectivity index (χ4v) is 2.24. The number of nitrogen functional groups attached to an aromatic ring is 1. The summed E-state index contributed by atoms with van der Waals surface area (Å²) in [6.45, 7) is 0. The zero-order valence-electron chi connectivity index (χ0n) is 7.79. The fourth-order valence-electron chi connectivity index (χ4n) is 1.08. The van der Waals surface area contributed by atoms with Crippen LogP contribution in [0.3, 0.4) is 0 Å². The average Bonchev–Trinajstić information content (AvgIpc) is 1.94. The Balaban J connectivity index is 3.36. The van der Waals surface area contributed by atoms with E-state index in [0.29, 0.717) is 6.07 Å². The molecule has 0 aliphatic carbocycles. The van der Waals surface area contributed by atoms with Crippen LogP contribution in [-0.4, -0.2) is 5.51 Å². The van der Waals surface area contributed by atoms with Crippen LogP contribution in [0.1, 0.15) is 5.56 Å². The molecule has 0 atom stereocenters. The monoisotopic (exact) mass is 295 g/mol. The smallest absolute Gasteiger partial charge is 0.399 e. The van der Waals surface area contributed by atoms with Gasteiger partial charge in [-0.3, -0.25) is 0 Å². The molecule has 1 nitrogen and oxygen atoms in total. The molecule has 0 saturated heterocycles. The van der Waals surface area contributed by atoms with Gasteiger partial charge < -0.3 is 5.73 Å². The van der Waals surface area contributed by atoms with E-state index in [-0.39, 0.29) is 5.69 Å². The lowest BCUT2D eigenvalue weighted by molar-refractivity contribution is -0.139. The van der Waals surface area contributed by atoms with Gasteiger partial charge in [-0.2, -0.15) is 26.3 Å². The number of anilines is 1. The molecule has 0 heterocycles. The number of thioether (sulfide) groups is 1. The van der Waals surface area contributed by atoms with Gasteiger partial charge in [0.2, 0.25) is 0 Å². The van der Waals surface area contributed by atoms with Gasteiger partial charge in [0.05, 0.1) is 10.6 Å². The molecule has 0 unspecified atom stereocenters. The third-order valence-corrected chi connectivity index (χ3v) is 2.66. The lowest BCUT2D eigenvalue weighted by atomic mass is 10.2. The van der Waals surface area contributed by atoms with E-state index >= 15 is 0 Å². The lowest BCUT2D eigenvalue weighted by Crippen LogP contribution is -2.11. The van der Waals surface area contributed by atoms with Crippen LogP contribution < -0.4 is 5.73 Å². The third kappa shape index (κ3) is 3.88. The van der Waals surface area contributed by atoms with Crippen LogP contribution in [0.5, 0.6) is 0 Å². The molecule has 0 saturated carbocycles. The van der Waals surface area contributed by atoms with Crippen LogP contribution in [0.4, 0.5) is 32.0 Å². The highest BCUT2D eigenvalue weighted by Crippen LogP contribution is 2.47. The summed E-state index contributed by atoms with van der Waals surface area (Å²) in [5.41, 5.74) is -1.49. The first-order valence-electron chi connectivity index (χ1n) is 3.92. The maximum atomic E-state index is 12.5. The highest BCUT2D eigenvalue weighted by molar-refractivity contribution is 8.00. The predicted molar refractivity (Wildman–Crippen MR) is 52.8 cm³/mol. The van der Waals surface area contributed by atoms with Crippen LogP contribution in [0.2, 0.25) is 5.02 Å². The summed E-state index contributed by atoms with van der Waals surface area (Å²) in [6.07, 6.45) is -4.97. The maximum Gasteiger partial charge on any atom is 0.446 e. The molecule has 0 aliphatic heterocycles. The van der Waals surface area contributed by atoms with Crippen molar-refractivity contribution >= 4 is 29.1 Å². The minimum atomic E-state index is -4.97. The molecule has 1 rings (SSSR count). The largest absolute Gasteiger partial charge is 0.446 e. The Kier molecular flexibility index (Phi) is 3.78. The molecule has 0 aromatic heterocycles. The molecule has 0 radical (unpaired) electrons. The second-order valence-electron chi connectivity index (χ2n) is 2.92. The van der Waals surface area contributed by atoms with Gasteiger partial charge in [0.1, 0.15) is 0 Å². The molecule has 0 spiro atoms. The maximum absolute atomic E-state index is 12.5. The van der Waals surface area contributed by atoms with Crippen molar-refractivity contribution in [2.24, 2.45) is 0 Å². The standard InChI is InChI=1S/C8H4ClF6NS/c9-4-1-3(16)2-5(17-8(13,14)15)6(4)7(10,11)12/h1-2H,16H2. The fraction of sp³-hybridized carbons (Fsp3) is 0.250. The van der Waals surface area contributed by atoms with E-state index in [2.05, 4.69) is 0 Å². The van der Waals surface area contributed by atoms with Crippen LogP contribution in [0, 0.1) is 0 Å². The first kappa shape index (κ1) is 14.3. The van der Waals surface area contributed by atoms with Crippen molar-refractivity contribution in [3.05, 3.63) is 22.7 Å². The van der Waals surface area contributed by atoms with Gasteiger partial charge in [0.15, 0.2) is 0 Å². The van der Waals surface area contributed by atoms with Crippen molar-refractivity contribution in [1.29, 1.82) is 0 Å². The number of alkyl halides is 6. The van der Waals surface area contributed by atoms with Crippen LogP contribution >= 0.6 is 23.4 Å². The first-order chi connectivity index (χ1) is 7.50. The van der Waals surface area contributed by atoms with Gasteiger partial charge in [-0.05, 0) is 23.9 Å². The van der Waals surface area contributed by atoms with Crippen molar-refractivity contribution in [3.63, 3.8) is 0 Å². The Hall–Kier alpha value is -0.760. The summed E-state index contributed by atoms with van der Waals surface area (Å²) < 4.78 is 73.8. The third-order valence-electron chi connectivity index (χ3n) is 1.59. The van der Waals surface area contributed by atoms with E-state index in [1.807, 2.05) is 0 Å².